The largest absolute Gasteiger partial charge is 0.483 e. The van der Waals surface area contributed by atoms with Crippen LogP contribution in [-0.2, 0) is 4.79 Å². The highest BCUT2D eigenvalue weighted by atomic mass is 32.1. The van der Waals surface area contributed by atoms with Gasteiger partial charge in [0.05, 0.1) is 4.88 Å². The van der Waals surface area contributed by atoms with Crippen molar-refractivity contribution in [3.63, 3.8) is 0 Å². The summed E-state index contributed by atoms with van der Waals surface area (Å²) in [4.78, 5) is 24.9. The van der Waals surface area contributed by atoms with E-state index in [0.717, 1.165) is 11.1 Å². The number of carbonyl (C=O) groups excluding carboxylic acids is 2. The number of anilines is 2. The molecule has 2 aromatic carbocycles. The highest BCUT2D eigenvalue weighted by Crippen LogP contribution is 2.20. The first-order chi connectivity index (χ1) is 13.0. The molecule has 0 aliphatic heterocycles. The summed E-state index contributed by atoms with van der Waals surface area (Å²) in [6.07, 6.45) is 0. The number of nitrogens with one attached hydrogen (secondary N) is 2. The third-order valence-corrected chi connectivity index (χ3v) is 4.72. The maximum absolute atomic E-state index is 12.2. The minimum atomic E-state index is -0.266. The van der Waals surface area contributed by atoms with Crippen molar-refractivity contribution in [2.75, 3.05) is 17.2 Å². The molecule has 0 radical (unpaired) electrons. The molecule has 0 bridgehead atoms. The van der Waals surface area contributed by atoms with Gasteiger partial charge in [0.25, 0.3) is 11.8 Å². The topological polar surface area (TPSA) is 67.4 Å². The van der Waals surface area contributed by atoms with Crippen LogP contribution in [0, 0.1) is 13.8 Å². The fourth-order valence-electron chi connectivity index (χ4n) is 2.48. The van der Waals surface area contributed by atoms with Gasteiger partial charge in [-0.15, -0.1) is 11.3 Å². The van der Waals surface area contributed by atoms with E-state index < -0.39 is 0 Å². The van der Waals surface area contributed by atoms with E-state index in [4.69, 9.17) is 4.74 Å². The van der Waals surface area contributed by atoms with Crippen molar-refractivity contribution in [2.45, 2.75) is 13.8 Å². The fourth-order valence-corrected chi connectivity index (χ4v) is 3.10. The molecule has 0 aliphatic carbocycles. The van der Waals surface area contributed by atoms with Crippen LogP contribution in [-0.4, -0.2) is 18.4 Å². The van der Waals surface area contributed by atoms with Crippen LogP contribution in [0.1, 0.15) is 20.8 Å². The first-order valence-corrected chi connectivity index (χ1v) is 9.34. The lowest BCUT2D eigenvalue weighted by molar-refractivity contribution is -0.118. The van der Waals surface area contributed by atoms with Gasteiger partial charge in [-0.3, -0.25) is 9.59 Å². The van der Waals surface area contributed by atoms with Crippen molar-refractivity contribution in [3.8, 4) is 5.75 Å². The zero-order valence-electron chi connectivity index (χ0n) is 15.1. The SMILES string of the molecule is Cc1ccc(C)c(OCC(=O)Nc2cccc(NC(=O)c3cccs3)c2)c1. The molecule has 0 atom stereocenters. The van der Waals surface area contributed by atoms with Crippen LogP contribution in [0.5, 0.6) is 5.75 Å². The number of aryl methyl sites for hydroxylation is 2. The predicted molar refractivity (Wildman–Crippen MR) is 109 cm³/mol. The zero-order chi connectivity index (χ0) is 19.2. The Morgan fingerprint density at radius 1 is 0.963 bits per heavy atom. The molecule has 5 nitrogen and oxygen atoms in total. The maximum Gasteiger partial charge on any atom is 0.265 e. The summed E-state index contributed by atoms with van der Waals surface area (Å²) in [5, 5.41) is 7.45. The summed E-state index contributed by atoms with van der Waals surface area (Å²) < 4.78 is 5.61. The molecule has 0 aliphatic rings. The average Bonchev–Trinajstić information content (AvgIpc) is 3.18. The monoisotopic (exact) mass is 380 g/mol. The minimum Gasteiger partial charge on any atom is -0.483 e. The summed E-state index contributed by atoms with van der Waals surface area (Å²) in [7, 11) is 0. The molecule has 3 rings (SSSR count). The summed E-state index contributed by atoms with van der Waals surface area (Å²) in [5.41, 5.74) is 3.26. The van der Waals surface area contributed by atoms with Gasteiger partial charge in [0.15, 0.2) is 6.61 Å². The Kier molecular flexibility index (Phi) is 5.88. The molecule has 2 amide bonds. The van der Waals surface area contributed by atoms with Crippen molar-refractivity contribution in [1.82, 2.24) is 0 Å². The third kappa shape index (κ3) is 5.18. The van der Waals surface area contributed by atoms with Crippen molar-refractivity contribution in [1.29, 1.82) is 0 Å². The van der Waals surface area contributed by atoms with E-state index >= 15 is 0 Å². The Morgan fingerprint density at radius 2 is 1.74 bits per heavy atom. The molecular formula is C21H20N2O3S. The Labute approximate surface area is 162 Å². The van der Waals surface area contributed by atoms with Crippen LogP contribution in [0.15, 0.2) is 60.0 Å². The van der Waals surface area contributed by atoms with Gasteiger partial charge in [-0.1, -0.05) is 24.3 Å². The van der Waals surface area contributed by atoms with E-state index in [1.165, 1.54) is 11.3 Å². The summed E-state index contributed by atoms with van der Waals surface area (Å²) in [5.74, 6) is 0.256. The van der Waals surface area contributed by atoms with E-state index in [1.807, 2.05) is 43.5 Å². The second-order valence-electron chi connectivity index (χ2n) is 6.12. The van der Waals surface area contributed by atoms with E-state index in [9.17, 15) is 9.59 Å². The zero-order valence-corrected chi connectivity index (χ0v) is 15.9. The number of amides is 2. The van der Waals surface area contributed by atoms with Crippen molar-refractivity contribution in [3.05, 3.63) is 76.0 Å². The number of hydrogen-bond acceptors (Lipinski definition) is 4. The molecule has 0 fully saturated rings. The highest BCUT2D eigenvalue weighted by Gasteiger charge is 2.09. The van der Waals surface area contributed by atoms with Gasteiger partial charge in [0.2, 0.25) is 0 Å². The second-order valence-corrected chi connectivity index (χ2v) is 7.07. The number of benzene rings is 2. The van der Waals surface area contributed by atoms with Gasteiger partial charge in [-0.25, -0.2) is 0 Å². The summed E-state index contributed by atoms with van der Waals surface area (Å²) >= 11 is 1.37. The first kappa shape index (κ1) is 18.7. The Balaban J connectivity index is 1.58. The normalized spacial score (nSPS) is 10.3. The minimum absolute atomic E-state index is 0.0872. The smallest absolute Gasteiger partial charge is 0.265 e. The number of ether oxygens (including phenoxy) is 1. The molecule has 0 saturated heterocycles. The van der Waals surface area contributed by atoms with Gasteiger partial charge >= 0.3 is 0 Å². The Bertz CT molecular complexity index is 952. The van der Waals surface area contributed by atoms with E-state index in [-0.39, 0.29) is 18.4 Å². The summed E-state index contributed by atoms with van der Waals surface area (Å²) in [6, 6.07) is 16.5. The Hall–Kier alpha value is -3.12. The van der Waals surface area contributed by atoms with Crippen LogP contribution < -0.4 is 15.4 Å². The van der Waals surface area contributed by atoms with Crippen LogP contribution >= 0.6 is 11.3 Å². The lowest BCUT2D eigenvalue weighted by Crippen LogP contribution is -2.20. The number of carbonyl (C=O) groups is 2. The third-order valence-electron chi connectivity index (χ3n) is 3.85. The van der Waals surface area contributed by atoms with Gasteiger partial charge in [-0.05, 0) is 60.7 Å². The summed E-state index contributed by atoms with van der Waals surface area (Å²) in [6.45, 7) is 3.82. The maximum atomic E-state index is 12.2. The van der Waals surface area contributed by atoms with E-state index in [1.54, 1.807) is 30.3 Å². The number of hydrogen-bond donors (Lipinski definition) is 2. The molecule has 2 N–H and O–H groups in total. The molecule has 3 aromatic rings. The quantitative estimate of drug-likeness (QED) is 0.655. The second kappa shape index (κ2) is 8.51. The average molecular weight is 380 g/mol. The predicted octanol–water partition coefficient (Wildman–Crippen LogP) is 4.63. The molecule has 0 spiro atoms. The van der Waals surface area contributed by atoms with Gasteiger partial charge < -0.3 is 15.4 Å². The lowest BCUT2D eigenvalue weighted by Gasteiger charge is -2.11. The molecule has 138 valence electrons. The first-order valence-electron chi connectivity index (χ1n) is 8.46. The van der Waals surface area contributed by atoms with E-state index in [0.29, 0.717) is 22.0 Å². The van der Waals surface area contributed by atoms with Crippen molar-refractivity contribution >= 4 is 34.5 Å². The molecule has 1 heterocycles. The highest BCUT2D eigenvalue weighted by molar-refractivity contribution is 7.12. The van der Waals surface area contributed by atoms with Gasteiger partial charge in [0, 0.05) is 11.4 Å². The molecule has 0 unspecified atom stereocenters. The molecule has 6 heteroatoms. The van der Waals surface area contributed by atoms with Crippen LogP contribution in [0.3, 0.4) is 0 Å². The molecular weight excluding hydrogens is 360 g/mol. The van der Waals surface area contributed by atoms with Crippen LogP contribution in [0.25, 0.3) is 0 Å². The molecule has 1 aromatic heterocycles. The fraction of sp³-hybridized carbons (Fsp3) is 0.143. The molecule has 27 heavy (non-hydrogen) atoms. The van der Waals surface area contributed by atoms with Gasteiger partial charge in [0.1, 0.15) is 5.75 Å². The number of rotatable bonds is 6. The van der Waals surface area contributed by atoms with E-state index in [2.05, 4.69) is 10.6 Å². The van der Waals surface area contributed by atoms with Gasteiger partial charge in [-0.2, -0.15) is 0 Å². The van der Waals surface area contributed by atoms with Crippen molar-refractivity contribution in [2.24, 2.45) is 0 Å². The lowest BCUT2D eigenvalue weighted by atomic mass is 10.1. The standard InChI is InChI=1S/C21H20N2O3S/c1-14-8-9-15(2)18(11-14)26-13-20(24)22-16-5-3-6-17(12-16)23-21(25)19-7-4-10-27-19/h3-12H,13H2,1-2H3,(H,22,24)(H,23,25). The van der Waals surface area contributed by atoms with Crippen LogP contribution in [0.2, 0.25) is 0 Å². The van der Waals surface area contributed by atoms with Crippen molar-refractivity contribution < 1.29 is 14.3 Å². The number of thiophene rings is 1. The molecule has 0 saturated carbocycles. The Morgan fingerprint density at radius 3 is 2.48 bits per heavy atom. The van der Waals surface area contributed by atoms with Crippen LogP contribution in [0.4, 0.5) is 11.4 Å².